The van der Waals surface area contributed by atoms with Gasteiger partial charge in [-0.2, -0.15) is 0 Å². The van der Waals surface area contributed by atoms with Gasteiger partial charge < -0.3 is 4.90 Å². The van der Waals surface area contributed by atoms with Crippen molar-refractivity contribution in [3.8, 4) is 0 Å². The number of amidine groups is 1. The van der Waals surface area contributed by atoms with Crippen molar-refractivity contribution in [2.24, 2.45) is 10.9 Å². The average molecular weight is 426 g/mol. The molecule has 0 N–H and O–H groups in total. The predicted octanol–water partition coefficient (Wildman–Crippen LogP) is 4.25. The molecular weight excluding hydrogens is 401 g/mol. The van der Waals surface area contributed by atoms with E-state index in [2.05, 4.69) is 0 Å². The molecule has 0 bridgehead atoms. The fourth-order valence-corrected chi connectivity index (χ4v) is 4.77. The summed E-state index contributed by atoms with van der Waals surface area (Å²) in [6, 6.07) is 13.5. The van der Waals surface area contributed by atoms with E-state index in [1.807, 2.05) is 31.2 Å². The van der Waals surface area contributed by atoms with E-state index in [-0.39, 0.29) is 23.5 Å². The summed E-state index contributed by atoms with van der Waals surface area (Å²) in [4.78, 5) is 34.1. The maximum atomic E-state index is 13.2. The van der Waals surface area contributed by atoms with Crippen LogP contribution in [0.15, 0.2) is 53.5 Å². The SMILES string of the molecule is Cc1ccccc1N=C1SCCN1C(=O)C1CCN(C(=O)c2ccc(F)cc2)CC1. The summed E-state index contributed by atoms with van der Waals surface area (Å²) in [6.45, 7) is 3.73. The molecule has 2 aromatic rings. The summed E-state index contributed by atoms with van der Waals surface area (Å²) in [7, 11) is 0. The van der Waals surface area contributed by atoms with E-state index in [0.717, 1.165) is 22.2 Å². The molecule has 0 unspecified atom stereocenters. The number of thioether (sulfide) groups is 1. The first kappa shape index (κ1) is 20.6. The summed E-state index contributed by atoms with van der Waals surface area (Å²) in [5.74, 6) is 0.365. The van der Waals surface area contributed by atoms with Gasteiger partial charge in [0.1, 0.15) is 5.82 Å². The smallest absolute Gasteiger partial charge is 0.253 e. The van der Waals surface area contributed by atoms with Crippen LogP contribution in [0.5, 0.6) is 0 Å². The summed E-state index contributed by atoms with van der Waals surface area (Å²) in [5.41, 5.74) is 2.45. The molecule has 4 rings (SSSR count). The van der Waals surface area contributed by atoms with Crippen molar-refractivity contribution in [3.63, 3.8) is 0 Å². The number of hydrogen-bond donors (Lipinski definition) is 0. The average Bonchev–Trinajstić information content (AvgIpc) is 3.23. The number of carbonyl (C=O) groups is 2. The molecule has 5 nitrogen and oxygen atoms in total. The van der Waals surface area contributed by atoms with Gasteiger partial charge in [0, 0.05) is 36.9 Å². The molecule has 30 heavy (non-hydrogen) atoms. The molecule has 0 aromatic heterocycles. The molecule has 156 valence electrons. The van der Waals surface area contributed by atoms with Crippen LogP contribution in [0.3, 0.4) is 0 Å². The van der Waals surface area contributed by atoms with Crippen LogP contribution < -0.4 is 0 Å². The largest absolute Gasteiger partial charge is 0.339 e. The molecule has 2 saturated heterocycles. The summed E-state index contributed by atoms with van der Waals surface area (Å²) >= 11 is 1.61. The molecule has 0 saturated carbocycles. The number of aliphatic imine (C=N–C) groups is 1. The maximum Gasteiger partial charge on any atom is 0.253 e. The van der Waals surface area contributed by atoms with Crippen molar-refractivity contribution >= 4 is 34.4 Å². The molecule has 0 radical (unpaired) electrons. The lowest BCUT2D eigenvalue weighted by Gasteiger charge is -2.33. The number of para-hydroxylation sites is 1. The van der Waals surface area contributed by atoms with Gasteiger partial charge in [0.2, 0.25) is 5.91 Å². The van der Waals surface area contributed by atoms with Gasteiger partial charge in [0.05, 0.1) is 5.69 Å². The molecule has 2 aliphatic heterocycles. The van der Waals surface area contributed by atoms with Crippen LogP contribution in [-0.4, -0.2) is 52.2 Å². The fourth-order valence-electron chi connectivity index (χ4n) is 3.82. The number of nitrogens with zero attached hydrogens (tertiary/aromatic N) is 3. The highest BCUT2D eigenvalue weighted by Gasteiger charge is 2.34. The van der Waals surface area contributed by atoms with Gasteiger partial charge in [0.15, 0.2) is 5.17 Å². The first-order valence-electron chi connectivity index (χ1n) is 10.2. The second kappa shape index (κ2) is 9.00. The van der Waals surface area contributed by atoms with Crippen molar-refractivity contribution in [1.29, 1.82) is 0 Å². The minimum absolute atomic E-state index is 0.0983. The van der Waals surface area contributed by atoms with Crippen molar-refractivity contribution < 1.29 is 14.0 Å². The lowest BCUT2D eigenvalue weighted by Crippen LogP contribution is -2.44. The Kier molecular flexibility index (Phi) is 6.18. The third-order valence-corrected chi connectivity index (χ3v) is 6.55. The monoisotopic (exact) mass is 425 g/mol. The van der Waals surface area contributed by atoms with Gasteiger partial charge in [0.25, 0.3) is 5.91 Å². The first-order chi connectivity index (χ1) is 14.5. The predicted molar refractivity (Wildman–Crippen MR) is 117 cm³/mol. The lowest BCUT2D eigenvalue weighted by atomic mass is 9.95. The van der Waals surface area contributed by atoms with Crippen LogP contribution in [0.1, 0.15) is 28.8 Å². The van der Waals surface area contributed by atoms with Crippen LogP contribution in [0.2, 0.25) is 0 Å². The Labute approximate surface area is 180 Å². The minimum atomic E-state index is -0.359. The standard InChI is InChI=1S/C23H24FN3O2S/c1-16-4-2-3-5-20(16)25-23-27(14-15-30-23)22(29)18-10-12-26(13-11-18)21(28)17-6-8-19(24)9-7-17/h2-9,18H,10-15H2,1H3. The molecule has 0 atom stereocenters. The summed E-state index contributed by atoms with van der Waals surface area (Å²) in [6.07, 6.45) is 1.26. The Morgan fingerprint density at radius 2 is 1.73 bits per heavy atom. The van der Waals surface area contributed by atoms with Gasteiger partial charge in [-0.25, -0.2) is 9.38 Å². The topological polar surface area (TPSA) is 53.0 Å². The number of hydrogen-bond acceptors (Lipinski definition) is 4. The molecular formula is C23H24FN3O2S. The number of likely N-dealkylation sites (tertiary alicyclic amines) is 1. The fraction of sp³-hybridized carbons (Fsp3) is 0.348. The van der Waals surface area contributed by atoms with Crippen LogP contribution >= 0.6 is 11.8 Å². The van der Waals surface area contributed by atoms with Crippen molar-refractivity contribution in [2.75, 3.05) is 25.4 Å². The van der Waals surface area contributed by atoms with Crippen LogP contribution in [0, 0.1) is 18.7 Å². The number of aryl methyl sites for hydroxylation is 1. The quantitative estimate of drug-likeness (QED) is 0.739. The lowest BCUT2D eigenvalue weighted by molar-refractivity contribution is -0.132. The highest BCUT2D eigenvalue weighted by molar-refractivity contribution is 8.14. The Bertz CT molecular complexity index is 969. The summed E-state index contributed by atoms with van der Waals surface area (Å²) in [5, 5.41) is 0.763. The van der Waals surface area contributed by atoms with E-state index < -0.39 is 0 Å². The highest BCUT2D eigenvalue weighted by atomic mass is 32.2. The van der Waals surface area contributed by atoms with Crippen LogP contribution in [0.4, 0.5) is 10.1 Å². The first-order valence-corrected chi connectivity index (χ1v) is 11.1. The number of piperidine rings is 1. The number of amides is 2. The molecule has 7 heteroatoms. The zero-order chi connectivity index (χ0) is 21.1. The van der Waals surface area contributed by atoms with Gasteiger partial charge in [-0.15, -0.1) is 0 Å². The number of carbonyl (C=O) groups excluding carboxylic acids is 2. The molecule has 2 heterocycles. The highest BCUT2D eigenvalue weighted by Crippen LogP contribution is 2.29. The summed E-state index contributed by atoms with van der Waals surface area (Å²) < 4.78 is 13.1. The third-order valence-electron chi connectivity index (χ3n) is 5.60. The van der Waals surface area contributed by atoms with Gasteiger partial charge in [-0.3, -0.25) is 14.5 Å². The van der Waals surface area contributed by atoms with E-state index in [9.17, 15) is 14.0 Å². The number of rotatable bonds is 3. The van der Waals surface area contributed by atoms with E-state index in [1.54, 1.807) is 21.6 Å². The minimum Gasteiger partial charge on any atom is -0.339 e. The number of benzene rings is 2. The molecule has 0 spiro atoms. The molecule has 2 aliphatic rings. The molecule has 2 aromatic carbocycles. The second-order valence-corrected chi connectivity index (χ2v) is 8.65. The van der Waals surface area contributed by atoms with Crippen molar-refractivity contribution in [1.82, 2.24) is 9.80 Å². The van der Waals surface area contributed by atoms with Crippen molar-refractivity contribution in [3.05, 3.63) is 65.5 Å². The van der Waals surface area contributed by atoms with Crippen molar-refractivity contribution in [2.45, 2.75) is 19.8 Å². The van der Waals surface area contributed by atoms with E-state index in [4.69, 9.17) is 4.99 Å². The normalized spacial score (nSPS) is 18.8. The van der Waals surface area contributed by atoms with E-state index in [0.29, 0.717) is 38.0 Å². The molecule has 2 fully saturated rings. The Hall–Kier alpha value is -2.67. The van der Waals surface area contributed by atoms with E-state index >= 15 is 0 Å². The zero-order valence-corrected chi connectivity index (χ0v) is 17.7. The zero-order valence-electron chi connectivity index (χ0n) is 16.9. The maximum absolute atomic E-state index is 13.2. The van der Waals surface area contributed by atoms with Gasteiger partial charge >= 0.3 is 0 Å². The Balaban J connectivity index is 1.39. The molecule has 2 amide bonds. The Morgan fingerprint density at radius 1 is 1.03 bits per heavy atom. The van der Waals surface area contributed by atoms with Gasteiger partial charge in [-0.05, 0) is 55.7 Å². The Morgan fingerprint density at radius 3 is 2.43 bits per heavy atom. The van der Waals surface area contributed by atoms with Crippen LogP contribution in [0.25, 0.3) is 0 Å². The van der Waals surface area contributed by atoms with Crippen LogP contribution in [-0.2, 0) is 4.79 Å². The number of halogens is 1. The molecule has 0 aliphatic carbocycles. The third kappa shape index (κ3) is 4.41. The second-order valence-electron chi connectivity index (χ2n) is 7.59. The van der Waals surface area contributed by atoms with E-state index in [1.165, 1.54) is 24.3 Å². The van der Waals surface area contributed by atoms with Gasteiger partial charge in [-0.1, -0.05) is 30.0 Å².